The number of nitrogens with one attached hydrogen (secondary N) is 1. The van der Waals surface area contributed by atoms with E-state index in [0.29, 0.717) is 11.5 Å². The van der Waals surface area contributed by atoms with Gasteiger partial charge in [-0.2, -0.15) is 0 Å². The van der Waals surface area contributed by atoms with Crippen LogP contribution in [0.4, 0.5) is 0 Å². The van der Waals surface area contributed by atoms with E-state index >= 15 is 0 Å². The molecule has 1 aromatic rings. The molecular weight excluding hydrogens is 374 g/mol. The van der Waals surface area contributed by atoms with E-state index in [9.17, 15) is 8.42 Å². The minimum absolute atomic E-state index is 0.00759. The SMILES string of the molecule is CCCC(NS(=O)(=O)c1cc(OC)ccc1OC)C12CC3CC(CC(C3)C1)C2. The lowest BCUT2D eigenvalue weighted by Gasteiger charge is -2.59. The van der Waals surface area contributed by atoms with Crippen molar-refractivity contribution in [3.8, 4) is 11.5 Å². The number of ether oxygens (including phenoxy) is 2. The van der Waals surface area contributed by atoms with Gasteiger partial charge in [0, 0.05) is 12.1 Å². The van der Waals surface area contributed by atoms with Gasteiger partial charge in [-0.15, -0.1) is 0 Å². The van der Waals surface area contributed by atoms with Gasteiger partial charge in [-0.05, 0) is 80.2 Å². The zero-order valence-corrected chi connectivity index (χ0v) is 18.1. The average Bonchev–Trinajstić information content (AvgIpc) is 2.66. The molecule has 0 aromatic heterocycles. The lowest BCUT2D eigenvalue weighted by Crippen LogP contribution is -2.56. The molecule has 1 unspecified atom stereocenters. The molecule has 4 fully saturated rings. The Morgan fingerprint density at radius 3 is 2.18 bits per heavy atom. The summed E-state index contributed by atoms with van der Waals surface area (Å²) in [6, 6.07) is 4.93. The molecular formula is C22H33NO4S. The second-order valence-corrected chi connectivity index (χ2v) is 10.9. The van der Waals surface area contributed by atoms with E-state index in [0.717, 1.165) is 30.6 Å². The Bertz CT molecular complexity index is 785. The topological polar surface area (TPSA) is 64.6 Å². The molecule has 5 nitrogen and oxygen atoms in total. The van der Waals surface area contributed by atoms with Gasteiger partial charge < -0.3 is 9.47 Å². The highest BCUT2D eigenvalue weighted by Gasteiger charge is 2.54. The Balaban J connectivity index is 1.65. The predicted molar refractivity (Wildman–Crippen MR) is 109 cm³/mol. The van der Waals surface area contributed by atoms with Crippen molar-refractivity contribution in [2.75, 3.05) is 14.2 Å². The maximum atomic E-state index is 13.4. The molecule has 0 radical (unpaired) electrons. The summed E-state index contributed by atoms with van der Waals surface area (Å²) in [5.41, 5.74) is 0.129. The van der Waals surface area contributed by atoms with Crippen LogP contribution in [0.5, 0.6) is 11.5 Å². The van der Waals surface area contributed by atoms with Crippen molar-refractivity contribution in [1.29, 1.82) is 0 Å². The highest BCUT2D eigenvalue weighted by Crippen LogP contribution is 2.61. The summed E-state index contributed by atoms with van der Waals surface area (Å²) in [5.74, 6) is 3.25. The predicted octanol–water partition coefficient (Wildman–Crippen LogP) is 4.37. The smallest absolute Gasteiger partial charge is 0.244 e. The third-order valence-corrected chi connectivity index (χ3v) is 8.85. The first-order chi connectivity index (χ1) is 13.4. The summed E-state index contributed by atoms with van der Waals surface area (Å²) >= 11 is 0. The minimum atomic E-state index is -3.71. The van der Waals surface area contributed by atoms with Crippen LogP contribution in [-0.4, -0.2) is 28.7 Å². The number of hydrogen-bond donors (Lipinski definition) is 1. The monoisotopic (exact) mass is 407 g/mol. The zero-order chi connectivity index (χ0) is 19.9. The fourth-order valence-corrected chi connectivity index (χ4v) is 8.18. The van der Waals surface area contributed by atoms with Gasteiger partial charge in [0.1, 0.15) is 16.4 Å². The average molecular weight is 408 g/mol. The van der Waals surface area contributed by atoms with Crippen molar-refractivity contribution in [2.45, 2.75) is 69.2 Å². The minimum Gasteiger partial charge on any atom is -0.497 e. The first kappa shape index (κ1) is 20.0. The molecule has 0 saturated heterocycles. The third kappa shape index (κ3) is 3.54. The first-order valence-corrected chi connectivity index (χ1v) is 12.1. The molecule has 4 aliphatic carbocycles. The molecule has 6 heteroatoms. The van der Waals surface area contributed by atoms with Gasteiger partial charge in [-0.25, -0.2) is 13.1 Å². The number of hydrogen-bond acceptors (Lipinski definition) is 4. The maximum Gasteiger partial charge on any atom is 0.244 e. The summed E-state index contributed by atoms with van der Waals surface area (Å²) in [7, 11) is -0.660. The highest BCUT2D eigenvalue weighted by atomic mass is 32.2. The molecule has 28 heavy (non-hydrogen) atoms. The molecule has 4 aliphatic rings. The summed E-state index contributed by atoms with van der Waals surface area (Å²) in [6.45, 7) is 2.15. The van der Waals surface area contributed by atoms with Crippen LogP contribution in [0.1, 0.15) is 58.3 Å². The molecule has 1 aromatic carbocycles. The Morgan fingerprint density at radius 2 is 1.68 bits per heavy atom. The quantitative estimate of drug-likeness (QED) is 0.695. The first-order valence-electron chi connectivity index (χ1n) is 10.6. The molecule has 0 amide bonds. The van der Waals surface area contributed by atoms with Gasteiger partial charge in [0.05, 0.1) is 14.2 Å². The van der Waals surface area contributed by atoms with Crippen molar-refractivity contribution in [1.82, 2.24) is 4.72 Å². The van der Waals surface area contributed by atoms with Gasteiger partial charge in [0.15, 0.2) is 0 Å². The molecule has 0 heterocycles. The highest BCUT2D eigenvalue weighted by molar-refractivity contribution is 7.89. The molecule has 4 bridgehead atoms. The lowest BCUT2D eigenvalue weighted by molar-refractivity contribution is -0.0712. The van der Waals surface area contributed by atoms with E-state index in [1.807, 2.05) is 0 Å². The lowest BCUT2D eigenvalue weighted by atomic mass is 9.47. The van der Waals surface area contributed by atoms with E-state index in [1.165, 1.54) is 45.6 Å². The molecule has 0 aliphatic heterocycles. The largest absolute Gasteiger partial charge is 0.497 e. The van der Waals surface area contributed by atoms with Crippen LogP contribution in [0, 0.1) is 23.2 Å². The molecule has 1 N–H and O–H groups in total. The number of methoxy groups -OCH3 is 2. The maximum absolute atomic E-state index is 13.4. The van der Waals surface area contributed by atoms with E-state index in [-0.39, 0.29) is 16.4 Å². The molecule has 5 rings (SSSR count). The van der Waals surface area contributed by atoms with Crippen LogP contribution in [0.3, 0.4) is 0 Å². The summed E-state index contributed by atoms with van der Waals surface area (Å²) in [6.07, 6.45) is 9.48. The van der Waals surface area contributed by atoms with Gasteiger partial charge in [0.25, 0.3) is 0 Å². The molecule has 1 atom stereocenters. The van der Waals surface area contributed by atoms with Gasteiger partial charge >= 0.3 is 0 Å². The van der Waals surface area contributed by atoms with E-state index in [1.54, 1.807) is 25.3 Å². The Labute approximate surface area is 169 Å². The van der Waals surface area contributed by atoms with Gasteiger partial charge in [-0.1, -0.05) is 13.3 Å². The van der Waals surface area contributed by atoms with E-state index < -0.39 is 10.0 Å². The number of rotatable bonds is 8. The second-order valence-electron chi connectivity index (χ2n) is 9.26. The van der Waals surface area contributed by atoms with Crippen LogP contribution in [-0.2, 0) is 10.0 Å². The molecule has 0 spiro atoms. The number of benzene rings is 1. The second kappa shape index (κ2) is 7.52. The summed E-state index contributed by atoms with van der Waals surface area (Å²) < 4.78 is 40.6. The summed E-state index contributed by atoms with van der Waals surface area (Å²) in [4.78, 5) is 0.167. The van der Waals surface area contributed by atoms with Crippen LogP contribution in [0.15, 0.2) is 23.1 Å². The molecule has 4 saturated carbocycles. The van der Waals surface area contributed by atoms with Gasteiger partial charge in [-0.3, -0.25) is 0 Å². The summed E-state index contributed by atoms with van der Waals surface area (Å²) in [5, 5.41) is 0. The van der Waals surface area contributed by atoms with Crippen molar-refractivity contribution in [3.05, 3.63) is 18.2 Å². The van der Waals surface area contributed by atoms with Crippen LogP contribution in [0.2, 0.25) is 0 Å². The Kier molecular flexibility index (Phi) is 5.38. The van der Waals surface area contributed by atoms with Crippen LogP contribution in [0.25, 0.3) is 0 Å². The van der Waals surface area contributed by atoms with Crippen molar-refractivity contribution >= 4 is 10.0 Å². The van der Waals surface area contributed by atoms with E-state index in [2.05, 4.69) is 11.6 Å². The zero-order valence-electron chi connectivity index (χ0n) is 17.2. The normalized spacial score (nSPS) is 32.3. The molecule has 156 valence electrons. The Morgan fingerprint density at radius 1 is 1.07 bits per heavy atom. The van der Waals surface area contributed by atoms with Crippen LogP contribution < -0.4 is 14.2 Å². The fourth-order valence-electron chi connectivity index (χ4n) is 6.63. The van der Waals surface area contributed by atoms with E-state index in [4.69, 9.17) is 9.47 Å². The van der Waals surface area contributed by atoms with Crippen molar-refractivity contribution in [3.63, 3.8) is 0 Å². The van der Waals surface area contributed by atoms with Crippen molar-refractivity contribution in [2.24, 2.45) is 23.2 Å². The standard InChI is InChI=1S/C22H33NO4S/c1-4-5-21(22-12-15-8-16(13-22)10-17(9-15)14-22)23-28(24,25)20-11-18(26-2)6-7-19(20)27-3/h6-7,11,15-17,21,23H,4-5,8-10,12-14H2,1-3H3. The number of sulfonamides is 1. The fraction of sp³-hybridized carbons (Fsp3) is 0.727. The van der Waals surface area contributed by atoms with Crippen LogP contribution >= 0.6 is 0 Å². The van der Waals surface area contributed by atoms with Gasteiger partial charge in [0.2, 0.25) is 10.0 Å². The third-order valence-electron chi connectivity index (χ3n) is 7.36. The van der Waals surface area contributed by atoms with Crippen molar-refractivity contribution < 1.29 is 17.9 Å². The Hall–Kier alpha value is -1.27.